The zero-order chi connectivity index (χ0) is 12.0. The van der Waals surface area contributed by atoms with Gasteiger partial charge in [-0.1, -0.05) is 13.8 Å². The molecule has 1 rings (SSSR count). The molecule has 1 unspecified atom stereocenters. The molecule has 0 aliphatic heterocycles. The molecule has 1 heterocycles. The van der Waals surface area contributed by atoms with Crippen molar-refractivity contribution >= 4 is 0 Å². The van der Waals surface area contributed by atoms with Gasteiger partial charge in [-0.05, 0) is 33.1 Å². The van der Waals surface area contributed by atoms with Crippen LogP contribution in [0.2, 0.25) is 0 Å². The molecule has 16 heavy (non-hydrogen) atoms. The Morgan fingerprint density at radius 3 is 2.56 bits per heavy atom. The normalized spacial score (nSPS) is 13.3. The molecule has 1 N–H and O–H groups in total. The van der Waals surface area contributed by atoms with Crippen LogP contribution in [0.3, 0.4) is 0 Å². The predicted octanol–water partition coefficient (Wildman–Crippen LogP) is 1.41. The molecule has 0 saturated heterocycles. The van der Waals surface area contributed by atoms with Gasteiger partial charge < -0.3 is 10.2 Å². The van der Waals surface area contributed by atoms with Gasteiger partial charge in [0.05, 0.1) is 6.20 Å². The highest BCUT2D eigenvalue weighted by Crippen LogP contribution is 2.15. The van der Waals surface area contributed by atoms with E-state index in [0.717, 1.165) is 26.1 Å². The van der Waals surface area contributed by atoms with Crippen molar-refractivity contribution in [1.82, 2.24) is 20.0 Å². The first kappa shape index (κ1) is 13.2. The molecule has 0 radical (unpaired) electrons. The highest BCUT2D eigenvalue weighted by molar-refractivity contribution is 5.09. The third-order valence-corrected chi connectivity index (χ3v) is 3.10. The van der Waals surface area contributed by atoms with E-state index in [4.69, 9.17) is 0 Å². The maximum Gasteiger partial charge on any atom is 0.0537 e. The molecule has 92 valence electrons. The molecule has 0 aromatic carbocycles. The van der Waals surface area contributed by atoms with Crippen LogP contribution in [0.15, 0.2) is 12.4 Å². The molecule has 0 amide bonds. The van der Waals surface area contributed by atoms with Gasteiger partial charge >= 0.3 is 0 Å². The zero-order valence-electron chi connectivity index (χ0n) is 10.9. The van der Waals surface area contributed by atoms with E-state index in [9.17, 15) is 0 Å². The van der Waals surface area contributed by atoms with Crippen LogP contribution < -0.4 is 5.32 Å². The van der Waals surface area contributed by atoms with Crippen LogP contribution in [0.25, 0.3) is 0 Å². The molecule has 4 heteroatoms. The van der Waals surface area contributed by atoms with Gasteiger partial charge in [-0.2, -0.15) is 5.10 Å². The lowest BCUT2D eigenvalue weighted by Gasteiger charge is -2.21. The minimum atomic E-state index is 0.411. The van der Waals surface area contributed by atoms with Crippen molar-refractivity contribution in [1.29, 1.82) is 0 Å². The Bertz CT molecular complexity index is 291. The Morgan fingerprint density at radius 2 is 2.12 bits per heavy atom. The highest BCUT2D eigenvalue weighted by Gasteiger charge is 2.12. The molecule has 0 aliphatic rings. The van der Waals surface area contributed by atoms with E-state index in [1.807, 2.05) is 25.0 Å². The Hall–Kier alpha value is -0.870. The number of nitrogens with zero attached hydrogens (tertiary/aromatic N) is 3. The van der Waals surface area contributed by atoms with Crippen LogP contribution in [0.1, 0.15) is 31.9 Å². The number of hydrogen-bond donors (Lipinski definition) is 1. The fourth-order valence-corrected chi connectivity index (χ4v) is 1.95. The molecule has 0 saturated carbocycles. The summed E-state index contributed by atoms with van der Waals surface area (Å²) >= 11 is 0. The standard InChI is InChI=1S/C12H24N4/c1-5-16(6-2)8-7-12(13-3)11-9-14-15(4)10-11/h9-10,12-13H,5-8H2,1-4H3. The van der Waals surface area contributed by atoms with Crippen LogP contribution in [0, 0.1) is 0 Å². The lowest BCUT2D eigenvalue weighted by molar-refractivity contribution is 0.284. The van der Waals surface area contributed by atoms with Crippen LogP contribution >= 0.6 is 0 Å². The first-order chi connectivity index (χ1) is 7.71. The first-order valence-corrected chi connectivity index (χ1v) is 6.09. The molecular formula is C12H24N4. The molecule has 0 bridgehead atoms. The van der Waals surface area contributed by atoms with Crippen LogP contribution in [0.4, 0.5) is 0 Å². The Kier molecular flexibility index (Phi) is 5.49. The lowest BCUT2D eigenvalue weighted by Crippen LogP contribution is -2.28. The van der Waals surface area contributed by atoms with Gasteiger partial charge in [-0.3, -0.25) is 4.68 Å². The van der Waals surface area contributed by atoms with Crippen molar-refractivity contribution in [2.75, 3.05) is 26.7 Å². The molecule has 0 spiro atoms. The fourth-order valence-electron chi connectivity index (χ4n) is 1.95. The Morgan fingerprint density at radius 1 is 1.44 bits per heavy atom. The number of hydrogen-bond acceptors (Lipinski definition) is 3. The Balaban J connectivity index is 2.49. The smallest absolute Gasteiger partial charge is 0.0537 e. The van der Waals surface area contributed by atoms with Gasteiger partial charge in [-0.25, -0.2) is 0 Å². The summed E-state index contributed by atoms with van der Waals surface area (Å²) in [5.74, 6) is 0. The van der Waals surface area contributed by atoms with Crippen molar-refractivity contribution in [3.05, 3.63) is 18.0 Å². The first-order valence-electron chi connectivity index (χ1n) is 6.09. The van der Waals surface area contributed by atoms with E-state index in [1.165, 1.54) is 5.56 Å². The quantitative estimate of drug-likeness (QED) is 0.760. The second-order valence-electron chi connectivity index (χ2n) is 4.10. The number of nitrogens with one attached hydrogen (secondary N) is 1. The van der Waals surface area contributed by atoms with E-state index in [1.54, 1.807) is 0 Å². The van der Waals surface area contributed by atoms with Crippen molar-refractivity contribution < 1.29 is 0 Å². The van der Waals surface area contributed by atoms with Gasteiger partial charge in [0.2, 0.25) is 0 Å². The number of rotatable bonds is 7. The van der Waals surface area contributed by atoms with Gasteiger partial charge in [-0.15, -0.1) is 0 Å². The number of aromatic nitrogens is 2. The molecule has 1 aromatic rings. The van der Waals surface area contributed by atoms with E-state index >= 15 is 0 Å². The minimum absolute atomic E-state index is 0.411. The summed E-state index contributed by atoms with van der Waals surface area (Å²) in [4.78, 5) is 2.45. The van der Waals surface area contributed by atoms with Crippen molar-refractivity contribution in [3.8, 4) is 0 Å². The van der Waals surface area contributed by atoms with Crippen molar-refractivity contribution in [3.63, 3.8) is 0 Å². The summed E-state index contributed by atoms with van der Waals surface area (Å²) < 4.78 is 1.86. The third kappa shape index (κ3) is 3.61. The molecule has 0 aliphatic carbocycles. The SMILES string of the molecule is CCN(CC)CCC(NC)c1cnn(C)c1. The average Bonchev–Trinajstić information content (AvgIpc) is 2.71. The minimum Gasteiger partial charge on any atom is -0.313 e. The highest BCUT2D eigenvalue weighted by atomic mass is 15.2. The molecular weight excluding hydrogens is 200 g/mol. The summed E-state index contributed by atoms with van der Waals surface area (Å²) in [5.41, 5.74) is 1.28. The molecule has 1 atom stereocenters. The summed E-state index contributed by atoms with van der Waals surface area (Å²) in [6, 6.07) is 0.411. The van der Waals surface area contributed by atoms with E-state index in [0.29, 0.717) is 6.04 Å². The van der Waals surface area contributed by atoms with E-state index in [2.05, 4.69) is 35.4 Å². The van der Waals surface area contributed by atoms with E-state index in [-0.39, 0.29) is 0 Å². The summed E-state index contributed by atoms with van der Waals surface area (Å²) in [6.45, 7) is 7.80. The van der Waals surface area contributed by atoms with Gasteiger partial charge in [0.1, 0.15) is 0 Å². The second-order valence-corrected chi connectivity index (χ2v) is 4.10. The summed E-state index contributed by atoms with van der Waals surface area (Å²) in [6.07, 6.45) is 5.16. The zero-order valence-corrected chi connectivity index (χ0v) is 10.9. The van der Waals surface area contributed by atoms with Gasteiger partial charge in [0.25, 0.3) is 0 Å². The summed E-state index contributed by atoms with van der Waals surface area (Å²) in [5, 5.41) is 7.57. The largest absolute Gasteiger partial charge is 0.313 e. The van der Waals surface area contributed by atoms with Crippen molar-refractivity contribution in [2.24, 2.45) is 7.05 Å². The second kappa shape index (κ2) is 6.66. The van der Waals surface area contributed by atoms with Gasteiger partial charge in [0, 0.05) is 24.8 Å². The van der Waals surface area contributed by atoms with Crippen LogP contribution in [-0.2, 0) is 7.05 Å². The fraction of sp³-hybridized carbons (Fsp3) is 0.750. The van der Waals surface area contributed by atoms with Gasteiger partial charge in [0.15, 0.2) is 0 Å². The predicted molar refractivity (Wildman–Crippen MR) is 67.4 cm³/mol. The lowest BCUT2D eigenvalue weighted by atomic mass is 10.1. The third-order valence-electron chi connectivity index (χ3n) is 3.10. The average molecular weight is 224 g/mol. The monoisotopic (exact) mass is 224 g/mol. The molecule has 1 aromatic heterocycles. The maximum atomic E-state index is 4.22. The maximum absolute atomic E-state index is 4.22. The van der Waals surface area contributed by atoms with Crippen LogP contribution in [-0.4, -0.2) is 41.4 Å². The Labute approximate surface area is 98.6 Å². The van der Waals surface area contributed by atoms with Crippen molar-refractivity contribution in [2.45, 2.75) is 26.3 Å². The topological polar surface area (TPSA) is 33.1 Å². The van der Waals surface area contributed by atoms with Crippen LogP contribution in [0.5, 0.6) is 0 Å². The number of aryl methyl sites for hydroxylation is 1. The molecule has 4 nitrogen and oxygen atoms in total. The summed E-state index contributed by atoms with van der Waals surface area (Å²) in [7, 11) is 3.97. The van der Waals surface area contributed by atoms with E-state index < -0.39 is 0 Å². The molecule has 0 fully saturated rings.